The number of carbonyl (C=O) groups is 4. The fraction of sp³-hybridized carbons (Fsp3) is 0.517. The number of amides is 4. The Morgan fingerprint density at radius 2 is 0.686 bits per heavy atom. The second-order valence-electron chi connectivity index (χ2n) is 19.9. The Hall–Kier alpha value is -5.72. The maximum absolute atomic E-state index is 13.8. The molecule has 7 rings (SSSR count). The van der Waals surface area contributed by atoms with Gasteiger partial charge < -0.3 is 29.2 Å². The normalized spacial score (nSPS) is 25.6. The van der Waals surface area contributed by atoms with Gasteiger partial charge in [0.1, 0.15) is 26.4 Å². The van der Waals surface area contributed by atoms with Crippen LogP contribution < -0.4 is 0 Å². The third-order valence-corrected chi connectivity index (χ3v) is 15.2. The summed E-state index contributed by atoms with van der Waals surface area (Å²) >= 11 is 0. The van der Waals surface area contributed by atoms with E-state index in [-0.39, 0.29) is 62.1 Å². The van der Waals surface area contributed by atoms with E-state index in [1.54, 1.807) is 0 Å². The molecule has 3 aliphatic rings. The Kier molecular flexibility index (Phi) is 20.1. The van der Waals surface area contributed by atoms with Crippen LogP contribution in [0.3, 0.4) is 0 Å². The van der Waals surface area contributed by atoms with E-state index in [0.29, 0.717) is 32.1 Å². The van der Waals surface area contributed by atoms with Crippen LogP contribution in [0.2, 0.25) is 0 Å². The Bertz CT molecular complexity index is 2090. The molecule has 9 atom stereocenters. The number of rotatable bonds is 12. The van der Waals surface area contributed by atoms with Crippen molar-refractivity contribution in [2.45, 2.75) is 160 Å². The molecule has 0 aromatic heterocycles. The van der Waals surface area contributed by atoms with Gasteiger partial charge in [-0.15, -0.1) is 0 Å². The summed E-state index contributed by atoms with van der Waals surface area (Å²) in [4.78, 5) is 57.5. The lowest BCUT2D eigenvalue weighted by atomic mass is 9.76. The minimum Gasteiger partial charge on any atom is -0.444 e. The summed E-state index contributed by atoms with van der Waals surface area (Å²) in [5, 5.41) is 24.4. The Labute approximate surface area is 414 Å². The molecule has 3 fully saturated rings. The molecule has 12 nitrogen and oxygen atoms in total. The molecular formula is C58H74N2O10. The highest BCUT2D eigenvalue weighted by atomic mass is 16.6. The largest absolute Gasteiger partial charge is 0.444 e. The Morgan fingerprint density at radius 3 is 1.06 bits per heavy atom. The van der Waals surface area contributed by atoms with E-state index >= 15 is 0 Å². The van der Waals surface area contributed by atoms with Crippen LogP contribution in [0.5, 0.6) is 0 Å². The van der Waals surface area contributed by atoms with Crippen LogP contribution in [0.4, 0.5) is 19.2 Å². The third kappa shape index (κ3) is 14.7. The zero-order chi connectivity index (χ0) is 49.1. The van der Waals surface area contributed by atoms with Crippen LogP contribution in [0, 0.1) is 29.6 Å². The molecular weight excluding hydrogens is 885 g/mol. The summed E-state index contributed by atoms with van der Waals surface area (Å²) in [6.45, 7) is 2.26. The minimum atomic E-state index is -0.724. The molecule has 3 aliphatic carbocycles. The smallest absolute Gasteiger partial charge is 0.419 e. The summed E-state index contributed by atoms with van der Waals surface area (Å²) in [5.41, 5.74) is 3.30. The average Bonchev–Trinajstić information content (AvgIpc) is 3.65. The van der Waals surface area contributed by atoms with Crippen LogP contribution in [0.15, 0.2) is 121 Å². The SMILES string of the molecule is CC1C(O)C(C2CCCCC(N(C(=O)OCc3ccccc3)C(=O)OCc3ccccc3)CCC2)C(O)C1C1CCCCCC(N(C(=O)OCc2ccccc2)C(=O)OCc2ccccc2)CCCC1. The fourth-order valence-electron chi connectivity index (χ4n) is 11.5. The van der Waals surface area contributed by atoms with E-state index in [4.69, 9.17) is 18.9 Å². The average molecular weight is 959 g/mol. The monoisotopic (exact) mass is 959 g/mol. The first-order valence-corrected chi connectivity index (χ1v) is 25.9. The maximum Gasteiger partial charge on any atom is 0.419 e. The number of hydrogen-bond donors (Lipinski definition) is 2. The zero-order valence-corrected chi connectivity index (χ0v) is 40.9. The van der Waals surface area contributed by atoms with Gasteiger partial charge >= 0.3 is 24.4 Å². The van der Waals surface area contributed by atoms with Crippen LogP contribution in [-0.2, 0) is 45.4 Å². The second-order valence-corrected chi connectivity index (χ2v) is 19.9. The van der Waals surface area contributed by atoms with Crippen molar-refractivity contribution in [1.29, 1.82) is 0 Å². The summed E-state index contributed by atoms with van der Waals surface area (Å²) in [6, 6.07) is 36.8. The van der Waals surface area contributed by atoms with Crippen LogP contribution in [0.25, 0.3) is 0 Å². The molecule has 70 heavy (non-hydrogen) atoms. The van der Waals surface area contributed by atoms with E-state index in [1.165, 1.54) is 9.80 Å². The first-order chi connectivity index (χ1) is 34.2. The van der Waals surface area contributed by atoms with E-state index in [0.717, 1.165) is 92.9 Å². The topological polar surface area (TPSA) is 152 Å². The molecule has 4 aromatic rings. The second kappa shape index (κ2) is 27.0. The van der Waals surface area contributed by atoms with Crippen molar-refractivity contribution in [2.24, 2.45) is 29.6 Å². The number of carbonyl (C=O) groups excluding carboxylic acids is 4. The number of benzene rings is 4. The van der Waals surface area contributed by atoms with Crippen LogP contribution in [-0.4, -0.2) is 68.7 Å². The van der Waals surface area contributed by atoms with Gasteiger partial charge in [0.25, 0.3) is 0 Å². The molecule has 0 aliphatic heterocycles. The Morgan fingerprint density at radius 1 is 0.400 bits per heavy atom. The van der Waals surface area contributed by atoms with Gasteiger partial charge in [-0.1, -0.05) is 192 Å². The standard InChI is InChI=1S/C58H74N2O10/c1-42-51(47-30-15-6-16-34-49(35-19-17-31-47)59(55(63)67-38-43-22-7-2-8-23-43)56(64)68-39-44-24-9-3-10-25-44)54(62)52(53(42)61)48-32-18-20-36-50(37-21-33-48)60(57(65)69-40-45-26-11-4-12-27-45)58(66)70-41-46-28-13-5-14-29-46/h2-5,7-14,22-29,42,47-54,61-62H,6,15-21,30-41H2,1H3. The predicted molar refractivity (Wildman–Crippen MR) is 267 cm³/mol. The highest BCUT2D eigenvalue weighted by Gasteiger charge is 2.52. The molecule has 9 unspecified atom stereocenters. The lowest BCUT2D eigenvalue weighted by Crippen LogP contribution is -2.45. The molecule has 4 amide bonds. The quantitative estimate of drug-likeness (QED) is 0.131. The molecule has 3 saturated carbocycles. The van der Waals surface area contributed by atoms with Gasteiger partial charge in [0.05, 0.1) is 12.2 Å². The summed E-state index contributed by atoms with van der Waals surface area (Å²) in [5.74, 6) is -0.144. The first kappa shape index (κ1) is 52.1. The van der Waals surface area contributed by atoms with Gasteiger partial charge in [-0.3, -0.25) is 0 Å². The first-order valence-electron chi connectivity index (χ1n) is 25.9. The molecule has 12 heteroatoms. The lowest BCUT2D eigenvalue weighted by Gasteiger charge is -2.32. The van der Waals surface area contributed by atoms with E-state index in [9.17, 15) is 29.4 Å². The van der Waals surface area contributed by atoms with Crippen LogP contribution >= 0.6 is 0 Å². The van der Waals surface area contributed by atoms with Gasteiger partial charge in [-0.05, 0) is 84.5 Å². The molecule has 0 saturated heterocycles. The molecule has 0 heterocycles. The van der Waals surface area contributed by atoms with Crippen molar-refractivity contribution < 1.29 is 48.3 Å². The molecule has 376 valence electrons. The van der Waals surface area contributed by atoms with Crippen molar-refractivity contribution >= 4 is 24.4 Å². The Balaban J connectivity index is 0.972. The fourth-order valence-corrected chi connectivity index (χ4v) is 11.5. The van der Waals surface area contributed by atoms with Crippen molar-refractivity contribution in [3.05, 3.63) is 144 Å². The zero-order valence-electron chi connectivity index (χ0n) is 40.9. The highest BCUT2D eigenvalue weighted by molar-refractivity contribution is 5.89. The number of hydrogen-bond acceptors (Lipinski definition) is 10. The minimum absolute atomic E-state index is 0.0336. The summed E-state index contributed by atoms with van der Waals surface area (Å²) < 4.78 is 23.0. The third-order valence-electron chi connectivity index (χ3n) is 15.2. The lowest BCUT2D eigenvalue weighted by molar-refractivity contribution is 0.00322. The van der Waals surface area contributed by atoms with Gasteiger partial charge in [0.15, 0.2) is 0 Å². The molecule has 0 radical (unpaired) electrons. The maximum atomic E-state index is 13.8. The van der Waals surface area contributed by atoms with E-state index < -0.39 is 42.6 Å². The molecule has 4 aromatic carbocycles. The van der Waals surface area contributed by atoms with Crippen molar-refractivity contribution in [2.75, 3.05) is 0 Å². The van der Waals surface area contributed by atoms with E-state index in [2.05, 4.69) is 6.92 Å². The summed E-state index contributed by atoms with van der Waals surface area (Å²) in [6.07, 6.45) is 8.23. The molecule has 0 bridgehead atoms. The van der Waals surface area contributed by atoms with E-state index in [1.807, 2.05) is 121 Å². The van der Waals surface area contributed by atoms with Crippen molar-refractivity contribution in [1.82, 2.24) is 9.80 Å². The molecule has 0 spiro atoms. The number of nitrogens with zero attached hydrogens (tertiary/aromatic N) is 2. The van der Waals surface area contributed by atoms with Crippen molar-refractivity contribution in [3.8, 4) is 0 Å². The summed E-state index contributed by atoms with van der Waals surface area (Å²) in [7, 11) is 0. The predicted octanol–water partition coefficient (Wildman–Crippen LogP) is 12.8. The number of imide groups is 2. The van der Waals surface area contributed by atoms with Gasteiger partial charge in [-0.2, -0.15) is 0 Å². The molecule has 2 N–H and O–H groups in total. The number of ether oxygens (including phenoxy) is 4. The van der Waals surface area contributed by atoms with Crippen LogP contribution in [0.1, 0.15) is 132 Å². The highest BCUT2D eigenvalue weighted by Crippen LogP contribution is 2.49. The van der Waals surface area contributed by atoms with Gasteiger partial charge in [0, 0.05) is 18.0 Å². The number of aliphatic hydroxyl groups excluding tert-OH is 2. The van der Waals surface area contributed by atoms with Crippen molar-refractivity contribution in [3.63, 3.8) is 0 Å². The van der Waals surface area contributed by atoms with Gasteiger partial charge in [-0.25, -0.2) is 29.0 Å². The number of aliphatic hydroxyl groups is 2. The van der Waals surface area contributed by atoms with Gasteiger partial charge in [0.2, 0.25) is 0 Å².